The molecule has 1 N–H and O–H groups in total. The first-order valence-corrected chi connectivity index (χ1v) is 4.67. The van der Waals surface area contributed by atoms with Crippen molar-refractivity contribution in [3.05, 3.63) is 6.33 Å². The highest BCUT2D eigenvalue weighted by atomic mass is 16.2. The van der Waals surface area contributed by atoms with Gasteiger partial charge in [0.1, 0.15) is 6.33 Å². The summed E-state index contributed by atoms with van der Waals surface area (Å²) in [4.78, 5) is 18.9. The number of carbonyl (C=O) groups excluding carboxylic acids is 1. The molecule has 1 aromatic heterocycles. The van der Waals surface area contributed by atoms with Crippen LogP contribution < -0.4 is 4.90 Å². The molecule has 0 aliphatic carbocycles. The fourth-order valence-electron chi connectivity index (χ4n) is 1.56. The molecule has 2 rings (SSSR count). The Morgan fingerprint density at radius 1 is 1.47 bits per heavy atom. The number of hydrogen-bond acceptors (Lipinski definition) is 4. The molecule has 6 heteroatoms. The summed E-state index contributed by atoms with van der Waals surface area (Å²) in [5, 5.41) is 6.56. The van der Waals surface area contributed by atoms with Crippen LogP contribution in [0.3, 0.4) is 0 Å². The van der Waals surface area contributed by atoms with E-state index in [9.17, 15) is 4.79 Å². The van der Waals surface area contributed by atoms with Crippen LogP contribution in [0.4, 0.5) is 5.95 Å². The fraction of sp³-hybridized carbons (Fsp3) is 0.444. The Morgan fingerprint density at radius 2 is 2.20 bits per heavy atom. The molecule has 0 saturated carbocycles. The minimum absolute atomic E-state index is 0.243. The number of aromatic nitrogens is 3. The fourth-order valence-corrected chi connectivity index (χ4v) is 1.56. The summed E-state index contributed by atoms with van der Waals surface area (Å²) in [6.45, 7) is 2.71. The molecule has 2 heterocycles. The Kier molecular flexibility index (Phi) is 2.54. The lowest BCUT2D eigenvalue weighted by molar-refractivity contribution is -0.125. The van der Waals surface area contributed by atoms with Crippen LogP contribution >= 0.6 is 0 Å². The summed E-state index contributed by atoms with van der Waals surface area (Å²) < 4.78 is 0. The van der Waals surface area contributed by atoms with Gasteiger partial charge in [0.25, 0.3) is 5.91 Å². The first-order chi connectivity index (χ1) is 7.31. The number of rotatable bonds is 1. The first-order valence-electron chi connectivity index (χ1n) is 4.67. The highest BCUT2D eigenvalue weighted by molar-refractivity contribution is 5.93. The van der Waals surface area contributed by atoms with Gasteiger partial charge in [-0.1, -0.05) is 0 Å². The van der Waals surface area contributed by atoms with Gasteiger partial charge in [0, 0.05) is 26.2 Å². The third kappa shape index (κ3) is 1.91. The molecule has 1 aliphatic heterocycles. The number of nitrogens with zero attached hydrogens (tertiary/aromatic N) is 4. The van der Waals surface area contributed by atoms with Crippen LogP contribution in [0, 0.1) is 12.3 Å². The van der Waals surface area contributed by atoms with Crippen LogP contribution in [0.15, 0.2) is 6.33 Å². The number of hydrogen-bond donors (Lipinski definition) is 1. The maximum Gasteiger partial charge on any atom is 0.298 e. The van der Waals surface area contributed by atoms with Crippen LogP contribution in [-0.2, 0) is 4.79 Å². The molecule has 1 aromatic rings. The first kappa shape index (κ1) is 9.52. The molecule has 0 atom stereocenters. The standard InChI is InChI=1S/C9H11N5O/c1-2-8(15)13-3-5-14(6-4-13)9-10-7-11-12-9/h1,7H,3-6H2,(H,10,11,12). The van der Waals surface area contributed by atoms with Crippen molar-refractivity contribution in [1.29, 1.82) is 0 Å². The van der Waals surface area contributed by atoms with Gasteiger partial charge in [-0.15, -0.1) is 6.42 Å². The lowest BCUT2D eigenvalue weighted by Crippen LogP contribution is -2.48. The van der Waals surface area contributed by atoms with Gasteiger partial charge < -0.3 is 9.80 Å². The predicted molar refractivity (Wildman–Crippen MR) is 54.0 cm³/mol. The van der Waals surface area contributed by atoms with Crippen LogP contribution in [0.2, 0.25) is 0 Å². The van der Waals surface area contributed by atoms with Gasteiger partial charge in [-0.25, -0.2) is 5.10 Å². The zero-order chi connectivity index (χ0) is 10.7. The van der Waals surface area contributed by atoms with E-state index in [1.807, 2.05) is 4.90 Å². The minimum Gasteiger partial charge on any atom is -0.338 e. The van der Waals surface area contributed by atoms with E-state index in [-0.39, 0.29) is 5.91 Å². The topological polar surface area (TPSA) is 65.1 Å². The summed E-state index contributed by atoms with van der Waals surface area (Å²) in [7, 11) is 0. The van der Waals surface area contributed by atoms with Crippen molar-refractivity contribution in [1.82, 2.24) is 20.1 Å². The van der Waals surface area contributed by atoms with Gasteiger partial charge in [0.05, 0.1) is 0 Å². The van der Waals surface area contributed by atoms with Crippen LogP contribution in [0.1, 0.15) is 0 Å². The van der Waals surface area contributed by atoms with Gasteiger partial charge in [-0.05, 0) is 5.92 Å². The molecule has 1 fully saturated rings. The zero-order valence-corrected chi connectivity index (χ0v) is 8.18. The number of nitrogens with one attached hydrogen (secondary N) is 1. The highest BCUT2D eigenvalue weighted by Gasteiger charge is 2.20. The minimum atomic E-state index is -0.243. The molecule has 78 valence electrons. The molecular weight excluding hydrogens is 194 g/mol. The summed E-state index contributed by atoms with van der Waals surface area (Å²) in [5.41, 5.74) is 0. The SMILES string of the molecule is C#CC(=O)N1CCN(c2ncn[nH]2)CC1. The van der Waals surface area contributed by atoms with E-state index in [0.717, 1.165) is 19.0 Å². The third-order valence-electron chi connectivity index (χ3n) is 2.39. The number of amides is 1. The normalized spacial score (nSPS) is 16.2. The predicted octanol–water partition coefficient (Wildman–Crippen LogP) is -0.913. The third-order valence-corrected chi connectivity index (χ3v) is 2.39. The van der Waals surface area contributed by atoms with Gasteiger partial charge in [-0.2, -0.15) is 10.1 Å². The molecule has 15 heavy (non-hydrogen) atoms. The largest absolute Gasteiger partial charge is 0.338 e. The molecule has 0 aromatic carbocycles. The lowest BCUT2D eigenvalue weighted by Gasteiger charge is -2.33. The van der Waals surface area contributed by atoms with Crippen molar-refractivity contribution < 1.29 is 4.79 Å². The Morgan fingerprint density at radius 3 is 2.73 bits per heavy atom. The van der Waals surface area contributed by atoms with Crippen molar-refractivity contribution >= 4 is 11.9 Å². The second kappa shape index (κ2) is 4.00. The number of terminal acetylenes is 1. The molecular formula is C9H11N5O. The van der Waals surface area contributed by atoms with Crippen LogP contribution in [-0.4, -0.2) is 52.2 Å². The Balaban J connectivity index is 1.93. The molecule has 0 unspecified atom stereocenters. The average Bonchev–Trinajstić information content (AvgIpc) is 2.82. The van der Waals surface area contributed by atoms with E-state index in [4.69, 9.17) is 6.42 Å². The molecule has 1 saturated heterocycles. The second-order valence-corrected chi connectivity index (χ2v) is 3.23. The van der Waals surface area contributed by atoms with Crippen molar-refractivity contribution in [2.45, 2.75) is 0 Å². The van der Waals surface area contributed by atoms with Gasteiger partial charge in [0.2, 0.25) is 5.95 Å². The maximum absolute atomic E-state index is 11.2. The molecule has 1 amide bonds. The smallest absolute Gasteiger partial charge is 0.298 e. The Bertz CT molecular complexity index is 372. The van der Waals surface area contributed by atoms with E-state index in [1.165, 1.54) is 6.33 Å². The number of aromatic amines is 1. The van der Waals surface area contributed by atoms with E-state index >= 15 is 0 Å². The lowest BCUT2D eigenvalue weighted by atomic mass is 10.3. The summed E-state index contributed by atoms with van der Waals surface area (Å²) in [5.74, 6) is 2.61. The number of anilines is 1. The van der Waals surface area contributed by atoms with E-state index in [0.29, 0.717) is 13.1 Å². The molecule has 0 spiro atoms. The summed E-state index contributed by atoms with van der Waals surface area (Å²) >= 11 is 0. The van der Waals surface area contributed by atoms with Crippen molar-refractivity contribution in [2.75, 3.05) is 31.1 Å². The van der Waals surface area contributed by atoms with E-state index in [1.54, 1.807) is 4.90 Å². The molecule has 6 nitrogen and oxygen atoms in total. The molecule has 0 radical (unpaired) electrons. The highest BCUT2D eigenvalue weighted by Crippen LogP contribution is 2.08. The average molecular weight is 205 g/mol. The number of piperazine rings is 1. The number of carbonyl (C=O) groups is 1. The van der Waals surface area contributed by atoms with Gasteiger partial charge >= 0.3 is 0 Å². The van der Waals surface area contributed by atoms with E-state index < -0.39 is 0 Å². The summed E-state index contributed by atoms with van der Waals surface area (Å²) in [6, 6.07) is 0. The second-order valence-electron chi connectivity index (χ2n) is 3.23. The molecule has 0 bridgehead atoms. The molecule has 1 aliphatic rings. The van der Waals surface area contributed by atoms with Crippen molar-refractivity contribution in [3.8, 4) is 12.3 Å². The maximum atomic E-state index is 11.2. The summed E-state index contributed by atoms with van der Waals surface area (Å²) in [6.07, 6.45) is 6.52. The van der Waals surface area contributed by atoms with Crippen molar-refractivity contribution in [2.24, 2.45) is 0 Å². The Hall–Kier alpha value is -2.03. The Labute approximate surface area is 87.3 Å². The van der Waals surface area contributed by atoms with Gasteiger partial charge in [-0.3, -0.25) is 4.79 Å². The number of H-pyrrole nitrogens is 1. The van der Waals surface area contributed by atoms with Crippen molar-refractivity contribution in [3.63, 3.8) is 0 Å². The van der Waals surface area contributed by atoms with Gasteiger partial charge in [0.15, 0.2) is 0 Å². The quantitative estimate of drug-likeness (QED) is 0.603. The monoisotopic (exact) mass is 205 g/mol. The zero-order valence-electron chi connectivity index (χ0n) is 8.18. The van der Waals surface area contributed by atoms with E-state index in [2.05, 4.69) is 21.1 Å². The van der Waals surface area contributed by atoms with Crippen LogP contribution in [0.5, 0.6) is 0 Å². The van der Waals surface area contributed by atoms with Crippen LogP contribution in [0.25, 0.3) is 0 Å².